The first-order valence-corrected chi connectivity index (χ1v) is 6.99. The molecular formula is C14H11BrF3N3O2. The summed E-state index contributed by atoms with van der Waals surface area (Å²) in [6.07, 6.45) is -2.30. The number of ether oxygens (including phenoxy) is 1. The molecule has 0 saturated carbocycles. The van der Waals surface area contributed by atoms with Crippen LogP contribution in [0.3, 0.4) is 0 Å². The Kier molecular flexibility index (Phi) is 5.09. The van der Waals surface area contributed by atoms with E-state index in [-0.39, 0.29) is 17.3 Å². The van der Waals surface area contributed by atoms with Crippen molar-refractivity contribution >= 4 is 28.0 Å². The van der Waals surface area contributed by atoms with E-state index >= 15 is 0 Å². The van der Waals surface area contributed by atoms with Gasteiger partial charge in [0.25, 0.3) is 0 Å². The lowest BCUT2D eigenvalue weighted by atomic mass is 10.2. The van der Waals surface area contributed by atoms with E-state index in [1.807, 2.05) is 0 Å². The van der Waals surface area contributed by atoms with Gasteiger partial charge in [-0.3, -0.25) is 5.43 Å². The average molecular weight is 390 g/mol. The quantitative estimate of drug-likeness (QED) is 0.612. The van der Waals surface area contributed by atoms with Crippen LogP contribution in [0.15, 0.2) is 40.0 Å². The molecule has 0 amide bonds. The second-order valence-electron chi connectivity index (χ2n) is 4.35. The number of hydrazone groups is 1. The third-order valence-corrected chi connectivity index (χ3v) is 3.36. The number of hydrogen-bond acceptors (Lipinski definition) is 5. The Morgan fingerprint density at radius 1 is 1.35 bits per heavy atom. The van der Waals surface area contributed by atoms with Crippen LogP contribution in [0.2, 0.25) is 0 Å². The average Bonchev–Trinajstić information content (AvgIpc) is 2.50. The first-order chi connectivity index (χ1) is 10.8. The van der Waals surface area contributed by atoms with Crippen LogP contribution >= 0.6 is 15.9 Å². The van der Waals surface area contributed by atoms with Crippen molar-refractivity contribution in [3.8, 4) is 11.5 Å². The van der Waals surface area contributed by atoms with E-state index in [0.717, 1.165) is 12.3 Å². The first-order valence-electron chi connectivity index (χ1n) is 6.20. The molecule has 5 nitrogen and oxygen atoms in total. The smallest absolute Gasteiger partial charge is 0.417 e. The number of nitrogens with one attached hydrogen (secondary N) is 1. The van der Waals surface area contributed by atoms with Gasteiger partial charge in [0, 0.05) is 6.20 Å². The predicted molar refractivity (Wildman–Crippen MR) is 82.8 cm³/mol. The molecule has 0 aliphatic rings. The van der Waals surface area contributed by atoms with E-state index in [1.165, 1.54) is 19.4 Å². The minimum Gasteiger partial charge on any atom is -0.503 e. The summed E-state index contributed by atoms with van der Waals surface area (Å²) in [6, 6.07) is 5.23. The van der Waals surface area contributed by atoms with Gasteiger partial charge in [-0.1, -0.05) is 0 Å². The number of methoxy groups -OCH3 is 1. The van der Waals surface area contributed by atoms with Crippen LogP contribution in [-0.2, 0) is 6.18 Å². The van der Waals surface area contributed by atoms with Gasteiger partial charge in [0.2, 0.25) is 0 Å². The maximum absolute atomic E-state index is 12.4. The highest BCUT2D eigenvalue weighted by Crippen LogP contribution is 2.34. The van der Waals surface area contributed by atoms with Crippen molar-refractivity contribution in [3.05, 3.63) is 46.1 Å². The molecule has 2 rings (SSSR count). The second-order valence-corrected chi connectivity index (χ2v) is 5.21. The SMILES string of the molecule is COc1cc(/C=N\Nc2ccc(C(F)(F)F)cn2)cc(Br)c1O. The molecule has 23 heavy (non-hydrogen) atoms. The molecule has 0 aliphatic carbocycles. The highest BCUT2D eigenvalue weighted by atomic mass is 79.9. The van der Waals surface area contributed by atoms with Crippen LogP contribution in [0.25, 0.3) is 0 Å². The Labute approximate surface area is 137 Å². The van der Waals surface area contributed by atoms with Gasteiger partial charge in [-0.15, -0.1) is 0 Å². The number of benzene rings is 1. The Morgan fingerprint density at radius 2 is 2.09 bits per heavy atom. The molecule has 0 bridgehead atoms. The molecule has 0 unspecified atom stereocenters. The Hall–Kier alpha value is -2.29. The summed E-state index contributed by atoms with van der Waals surface area (Å²) >= 11 is 3.17. The van der Waals surface area contributed by atoms with E-state index < -0.39 is 11.7 Å². The highest BCUT2D eigenvalue weighted by molar-refractivity contribution is 9.10. The van der Waals surface area contributed by atoms with E-state index in [2.05, 4.69) is 31.4 Å². The number of aromatic nitrogens is 1. The molecule has 1 aromatic heterocycles. The van der Waals surface area contributed by atoms with Crippen LogP contribution in [0.1, 0.15) is 11.1 Å². The van der Waals surface area contributed by atoms with Crippen molar-refractivity contribution < 1.29 is 23.0 Å². The molecule has 2 aromatic rings. The summed E-state index contributed by atoms with van der Waals surface area (Å²) in [5.74, 6) is 0.384. The van der Waals surface area contributed by atoms with Crippen LogP contribution in [-0.4, -0.2) is 23.4 Å². The van der Waals surface area contributed by atoms with Crippen molar-refractivity contribution in [3.63, 3.8) is 0 Å². The number of phenolic OH excluding ortho intramolecular Hbond substituents is 1. The van der Waals surface area contributed by atoms with Crippen LogP contribution in [0.4, 0.5) is 19.0 Å². The molecule has 0 fully saturated rings. The van der Waals surface area contributed by atoms with E-state index in [9.17, 15) is 18.3 Å². The van der Waals surface area contributed by atoms with Gasteiger partial charge in [-0.2, -0.15) is 18.3 Å². The van der Waals surface area contributed by atoms with Crippen molar-refractivity contribution in [1.82, 2.24) is 4.98 Å². The number of nitrogens with zero attached hydrogens (tertiary/aromatic N) is 2. The fourth-order valence-corrected chi connectivity index (χ4v) is 2.08. The molecule has 122 valence electrons. The lowest BCUT2D eigenvalue weighted by Gasteiger charge is -2.07. The Morgan fingerprint density at radius 3 is 2.65 bits per heavy atom. The van der Waals surface area contributed by atoms with Gasteiger partial charge in [-0.25, -0.2) is 4.98 Å². The van der Waals surface area contributed by atoms with Crippen LogP contribution in [0, 0.1) is 0 Å². The lowest BCUT2D eigenvalue weighted by Crippen LogP contribution is -2.05. The summed E-state index contributed by atoms with van der Waals surface area (Å²) in [5.41, 5.74) is 2.28. The predicted octanol–water partition coefficient (Wildman–Crippen LogP) is 4.02. The minimum atomic E-state index is -4.43. The number of pyridine rings is 1. The van der Waals surface area contributed by atoms with Crippen LogP contribution < -0.4 is 10.2 Å². The number of hydrogen-bond donors (Lipinski definition) is 2. The van der Waals surface area contributed by atoms with Gasteiger partial charge in [0.05, 0.1) is 23.4 Å². The lowest BCUT2D eigenvalue weighted by molar-refractivity contribution is -0.137. The molecule has 0 aliphatic heterocycles. The topological polar surface area (TPSA) is 66.7 Å². The monoisotopic (exact) mass is 389 g/mol. The molecule has 0 atom stereocenters. The number of anilines is 1. The standard InChI is InChI=1S/C14H11BrF3N3O2/c1-23-11-5-8(4-10(15)13(11)22)6-20-21-12-3-2-9(7-19-12)14(16,17)18/h2-7,22H,1H3,(H,19,21)/b20-6-. The van der Waals surface area contributed by atoms with E-state index in [0.29, 0.717) is 10.0 Å². The minimum absolute atomic E-state index is 0.0398. The number of aromatic hydroxyl groups is 1. The second kappa shape index (κ2) is 6.86. The van der Waals surface area contributed by atoms with Gasteiger partial charge in [-0.05, 0) is 45.8 Å². The summed E-state index contributed by atoms with van der Waals surface area (Å²) in [6.45, 7) is 0. The maximum Gasteiger partial charge on any atom is 0.417 e. The summed E-state index contributed by atoms with van der Waals surface area (Å²) in [7, 11) is 1.41. The molecule has 2 N–H and O–H groups in total. The fraction of sp³-hybridized carbons (Fsp3) is 0.143. The zero-order valence-electron chi connectivity index (χ0n) is 11.7. The Balaban J connectivity index is 2.09. The van der Waals surface area contributed by atoms with Crippen molar-refractivity contribution in [1.29, 1.82) is 0 Å². The summed E-state index contributed by atoms with van der Waals surface area (Å²) in [4.78, 5) is 3.62. The van der Waals surface area contributed by atoms with E-state index in [1.54, 1.807) is 12.1 Å². The molecule has 0 saturated heterocycles. The molecule has 1 heterocycles. The zero-order valence-corrected chi connectivity index (χ0v) is 13.3. The number of alkyl halides is 3. The van der Waals surface area contributed by atoms with Crippen molar-refractivity contribution in [2.24, 2.45) is 5.10 Å². The molecular weight excluding hydrogens is 379 g/mol. The van der Waals surface area contributed by atoms with Crippen molar-refractivity contribution in [2.45, 2.75) is 6.18 Å². The van der Waals surface area contributed by atoms with Gasteiger partial charge in [0.1, 0.15) is 5.82 Å². The Bertz CT molecular complexity index is 718. The first kappa shape index (κ1) is 17.1. The highest BCUT2D eigenvalue weighted by Gasteiger charge is 2.30. The molecule has 1 aromatic carbocycles. The largest absolute Gasteiger partial charge is 0.503 e. The van der Waals surface area contributed by atoms with Crippen LogP contribution in [0.5, 0.6) is 11.5 Å². The molecule has 9 heteroatoms. The fourth-order valence-electron chi connectivity index (χ4n) is 1.62. The summed E-state index contributed by atoms with van der Waals surface area (Å²) in [5, 5.41) is 13.6. The normalized spacial score (nSPS) is 11.7. The third kappa shape index (κ3) is 4.35. The summed E-state index contributed by atoms with van der Waals surface area (Å²) < 4.78 is 42.6. The molecule has 0 radical (unpaired) electrons. The number of phenols is 1. The van der Waals surface area contributed by atoms with Gasteiger partial charge >= 0.3 is 6.18 Å². The zero-order chi connectivity index (χ0) is 17.0. The van der Waals surface area contributed by atoms with E-state index in [4.69, 9.17) is 4.74 Å². The number of halogens is 4. The van der Waals surface area contributed by atoms with Gasteiger partial charge < -0.3 is 9.84 Å². The third-order valence-electron chi connectivity index (χ3n) is 2.75. The van der Waals surface area contributed by atoms with Gasteiger partial charge in [0.15, 0.2) is 11.5 Å². The number of rotatable bonds is 4. The molecule has 0 spiro atoms. The maximum atomic E-state index is 12.4. The van der Waals surface area contributed by atoms with Crippen molar-refractivity contribution in [2.75, 3.05) is 12.5 Å².